The molecule has 2 aromatic rings. The summed E-state index contributed by atoms with van der Waals surface area (Å²) in [6, 6.07) is 4.93. The highest BCUT2D eigenvalue weighted by Gasteiger charge is 2.23. The average molecular weight is 258 g/mol. The Kier molecular flexibility index (Phi) is 2.81. The third-order valence-corrected chi connectivity index (χ3v) is 3.37. The first-order valence-corrected chi connectivity index (χ1v) is 6.26. The SMILES string of the molecule is CNc1ncc(C)c(N2CCc3ccc(F)cc32)n1. The number of nitrogens with one attached hydrogen (secondary N) is 1. The van der Waals surface area contributed by atoms with Gasteiger partial charge >= 0.3 is 0 Å². The second-order valence-corrected chi connectivity index (χ2v) is 4.62. The molecule has 19 heavy (non-hydrogen) atoms. The highest BCUT2D eigenvalue weighted by Crippen LogP contribution is 2.35. The Balaban J connectivity index is 2.08. The molecule has 2 heterocycles. The third-order valence-electron chi connectivity index (χ3n) is 3.37. The van der Waals surface area contributed by atoms with Crippen molar-refractivity contribution in [2.45, 2.75) is 13.3 Å². The van der Waals surface area contributed by atoms with Crippen molar-refractivity contribution in [2.75, 3.05) is 23.8 Å². The molecule has 0 saturated heterocycles. The standard InChI is InChI=1S/C14H15FN4/c1-9-8-17-14(16-2)18-13(9)19-6-5-10-3-4-11(15)7-12(10)19/h3-4,7-8H,5-6H2,1-2H3,(H,16,17,18). The Morgan fingerprint density at radius 1 is 1.37 bits per heavy atom. The van der Waals surface area contributed by atoms with Crippen LogP contribution < -0.4 is 10.2 Å². The van der Waals surface area contributed by atoms with Crippen molar-refractivity contribution in [3.8, 4) is 0 Å². The lowest BCUT2D eigenvalue weighted by Crippen LogP contribution is -2.17. The van der Waals surface area contributed by atoms with Crippen molar-refractivity contribution in [1.29, 1.82) is 0 Å². The fourth-order valence-corrected chi connectivity index (χ4v) is 2.40. The predicted octanol–water partition coefficient (Wildman–Crippen LogP) is 2.66. The van der Waals surface area contributed by atoms with E-state index in [9.17, 15) is 4.39 Å². The summed E-state index contributed by atoms with van der Waals surface area (Å²) >= 11 is 0. The minimum Gasteiger partial charge on any atom is -0.357 e. The van der Waals surface area contributed by atoms with Gasteiger partial charge in [0.05, 0.1) is 0 Å². The largest absolute Gasteiger partial charge is 0.357 e. The molecule has 0 aliphatic carbocycles. The maximum Gasteiger partial charge on any atom is 0.224 e. The number of aromatic nitrogens is 2. The Morgan fingerprint density at radius 3 is 3.00 bits per heavy atom. The third kappa shape index (κ3) is 2.01. The summed E-state index contributed by atoms with van der Waals surface area (Å²) in [5.74, 6) is 1.19. The predicted molar refractivity (Wildman–Crippen MR) is 73.4 cm³/mol. The number of fused-ring (bicyclic) bond motifs is 1. The quantitative estimate of drug-likeness (QED) is 0.899. The van der Waals surface area contributed by atoms with Crippen LogP contribution in [-0.4, -0.2) is 23.6 Å². The van der Waals surface area contributed by atoms with Crippen LogP contribution in [0.4, 0.5) is 21.8 Å². The molecule has 1 aliphatic heterocycles. The molecule has 1 aromatic heterocycles. The molecule has 4 nitrogen and oxygen atoms in total. The number of benzene rings is 1. The van der Waals surface area contributed by atoms with Crippen molar-refractivity contribution in [3.63, 3.8) is 0 Å². The Hall–Kier alpha value is -2.17. The first-order chi connectivity index (χ1) is 9.19. The summed E-state index contributed by atoms with van der Waals surface area (Å²) in [6.45, 7) is 2.78. The number of rotatable bonds is 2. The normalized spacial score (nSPS) is 13.5. The fraction of sp³-hybridized carbons (Fsp3) is 0.286. The van der Waals surface area contributed by atoms with Crippen molar-refractivity contribution >= 4 is 17.5 Å². The molecule has 3 rings (SSSR count). The number of hydrogen-bond acceptors (Lipinski definition) is 4. The van der Waals surface area contributed by atoms with Crippen LogP contribution in [-0.2, 0) is 6.42 Å². The average Bonchev–Trinajstić information content (AvgIpc) is 2.82. The molecule has 5 heteroatoms. The van der Waals surface area contributed by atoms with Gasteiger partial charge in [-0.05, 0) is 31.0 Å². The molecule has 0 fully saturated rings. The van der Waals surface area contributed by atoms with Gasteiger partial charge in [0.15, 0.2) is 0 Å². The van der Waals surface area contributed by atoms with Crippen LogP contribution in [0.15, 0.2) is 24.4 Å². The van der Waals surface area contributed by atoms with Crippen LogP contribution in [0.5, 0.6) is 0 Å². The van der Waals surface area contributed by atoms with Crippen LogP contribution >= 0.6 is 0 Å². The number of halogens is 1. The van der Waals surface area contributed by atoms with E-state index in [0.717, 1.165) is 35.6 Å². The number of nitrogens with zero attached hydrogens (tertiary/aromatic N) is 3. The molecule has 0 amide bonds. The summed E-state index contributed by atoms with van der Waals surface area (Å²) in [5.41, 5.74) is 3.05. The topological polar surface area (TPSA) is 41.1 Å². The molecule has 1 N–H and O–H groups in total. The molecule has 0 unspecified atom stereocenters. The highest BCUT2D eigenvalue weighted by atomic mass is 19.1. The van der Waals surface area contributed by atoms with E-state index in [1.165, 1.54) is 6.07 Å². The Bertz CT molecular complexity index is 627. The molecule has 1 aliphatic rings. The Labute approximate surface area is 111 Å². The van der Waals surface area contributed by atoms with Gasteiger partial charge in [0.1, 0.15) is 11.6 Å². The van der Waals surface area contributed by atoms with Crippen molar-refractivity contribution in [3.05, 3.63) is 41.3 Å². The molecule has 0 bridgehead atoms. The van der Waals surface area contributed by atoms with Gasteiger partial charge in [0, 0.05) is 31.0 Å². The molecule has 1 aromatic carbocycles. The van der Waals surface area contributed by atoms with Crippen LogP contribution in [0.25, 0.3) is 0 Å². The van der Waals surface area contributed by atoms with E-state index < -0.39 is 0 Å². The van der Waals surface area contributed by atoms with E-state index in [2.05, 4.69) is 20.2 Å². The van der Waals surface area contributed by atoms with Gasteiger partial charge < -0.3 is 10.2 Å². The monoisotopic (exact) mass is 258 g/mol. The maximum absolute atomic E-state index is 13.4. The van der Waals surface area contributed by atoms with E-state index in [1.54, 1.807) is 19.3 Å². The number of aryl methyl sites for hydroxylation is 1. The second-order valence-electron chi connectivity index (χ2n) is 4.62. The van der Waals surface area contributed by atoms with E-state index in [-0.39, 0.29) is 5.82 Å². The van der Waals surface area contributed by atoms with Gasteiger partial charge in [-0.2, -0.15) is 4.98 Å². The van der Waals surface area contributed by atoms with E-state index in [1.807, 2.05) is 13.0 Å². The molecular formula is C14H15FN4. The zero-order valence-corrected chi connectivity index (χ0v) is 10.9. The zero-order valence-electron chi connectivity index (χ0n) is 10.9. The highest BCUT2D eigenvalue weighted by molar-refractivity contribution is 5.69. The van der Waals surface area contributed by atoms with E-state index in [0.29, 0.717) is 5.95 Å². The maximum atomic E-state index is 13.4. The van der Waals surface area contributed by atoms with Crippen molar-refractivity contribution < 1.29 is 4.39 Å². The van der Waals surface area contributed by atoms with Crippen molar-refractivity contribution in [2.24, 2.45) is 0 Å². The lowest BCUT2D eigenvalue weighted by atomic mass is 10.1. The lowest BCUT2D eigenvalue weighted by molar-refractivity contribution is 0.628. The van der Waals surface area contributed by atoms with Gasteiger partial charge in [-0.15, -0.1) is 0 Å². The Morgan fingerprint density at radius 2 is 2.21 bits per heavy atom. The summed E-state index contributed by atoms with van der Waals surface area (Å²) in [7, 11) is 1.78. The second kappa shape index (κ2) is 4.50. The molecule has 0 saturated carbocycles. The van der Waals surface area contributed by atoms with Crippen molar-refractivity contribution in [1.82, 2.24) is 9.97 Å². The first-order valence-electron chi connectivity index (χ1n) is 6.26. The number of anilines is 3. The van der Waals surface area contributed by atoms with Crippen LogP contribution in [0.1, 0.15) is 11.1 Å². The summed E-state index contributed by atoms with van der Waals surface area (Å²) in [6.07, 6.45) is 2.69. The molecule has 0 radical (unpaired) electrons. The summed E-state index contributed by atoms with van der Waals surface area (Å²) in [5, 5.41) is 2.93. The van der Waals surface area contributed by atoms with Gasteiger partial charge in [0.2, 0.25) is 5.95 Å². The van der Waals surface area contributed by atoms with Gasteiger partial charge in [-0.3, -0.25) is 0 Å². The minimum absolute atomic E-state index is 0.216. The number of hydrogen-bond donors (Lipinski definition) is 1. The minimum atomic E-state index is -0.216. The van der Waals surface area contributed by atoms with Gasteiger partial charge in [-0.25, -0.2) is 9.37 Å². The summed E-state index contributed by atoms with van der Waals surface area (Å²) in [4.78, 5) is 10.7. The van der Waals surface area contributed by atoms with Gasteiger partial charge in [-0.1, -0.05) is 6.07 Å². The van der Waals surface area contributed by atoms with E-state index >= 15 is 0 Å². The lowest BCUT2D eigenvalue weighted by Gasteiger charge is -2.20. The first kappa shape index (κ1) is 11.9. The molecular weight excluding hydrogens is 243 g/mol. The van der Waals surface area contributed by atoms with E-state index in [4.69, 9.17) is 0 Å². The fourth-order valence-electron chi connectivity index (χ4n) is 2.40. The zero-order chi connectivity index (χ0) is 13.4. The molecule has 98 valence electrons. The summed E-state index contributed by atoms with van der Waals surface area (Å²) < 4.78 is 13.4. The smallest absolute Gasteiger partial charge is 0.224 e. The van der Waals surface area contributed by atoms with Crippen LogP contribution in [0.3, 0.4) is 0 Å². The van der Waals surface area contributed by atoms with Gasteiger partial charge in [0.25, 0.3) is 0 Å². The van der Waals surface area contributed by atoms with Crippen LogP contribution in [0, 0.1) is 12.7 Å². The molecule has 0 spiro atoms. The van der Waals surface area contributed by atoms with Crippen LogP contribution in [0.2, 0.25) is 0 Å². The molecule has 0 atom stereocenters.